The van der Waals surface area contributed by atoms with Gasteiger partial charge in [-0.15, -0.1) is 0 Å². The number of carbonyl (C=O) groups excluding carboxylic acids is 1. The van der Waals surface area contributed by atoms with Crippen LogP contribution in [-0.2, 0) is 4.79 Å². The van der Waals surface area contributed by atoms with Gasteiger partial charge in [-0.25, -0.2) is 5.43 Å². The molecule has 2 aromatic carbocycles. The van der Waals surface area contributed by atoms with Crippen LogP contribution >= 0.6 is 45.2 Å². The second kappa shape index (κ2) is 8.84. The molecule has 0 saturated heterocycles. The average Bonchev–Trinajstić information content (AvgIpc) is 2.56. The van der Waals surface area contributed by atoms with Crippen LogP contribution in [0.1, 0.15) is 22.3 Å². The number of nitrogens with zero attached hydrogens (tertiary/aromatic N) is 1. The number of phenolic OH excluding ortho intramolecular Hbond substituents is 1. The van der Waals surface area contributed by atoms with Crippen LogP contribution < -0.4 is 10.2 Å². The monoisotopic (exact) mass is 564 g/mol. The van der Waals surface area contributed by atoms with Crippen molar-refractivity contribution in [1.82, 2.24) is 5.43 Å². The smallest absolute Gasteiger partial charge is 0.277 e. The van der Waals surface area contributed by atoms with Crippen LogP contribution in [-0.4, -0.2) is 23.8 Å². The lowest BCUT2D eigenvalue weighted by Gasteiger charge is -2.13. The van der Waals surface area contributed by atoms with E-state index in [9.17, 15) is 9.90 Å². The Morgan fingerprint density at radius 1 is 1.20 bits per heavy atom. The third-order valence-corrected chi connectivity index (χ3v) is 5.31. The number of hydrazone groups is 1. The molecule has 0 spiro atoms. The molecular formula is C18H18I2N2O3. The molecule has 0 bridgehead atoms. The molecule has 132 valence electrons. The standard InChI is InChI=1S/C18H18I2N2O3/c1-10-4-5-11(2)18(12(10)3)25-9-16(23)22-21-8-13-6-14(19)17(24)15(20)7-13/h4-8,24H,9H2,1-3H3,(H,22,23)/b21-8-. The van der Waals surface area contributed by atoms with Crippen LogP contribution in [0.2, 0.25) is 0 Å². The highest BCUT2D eigenvalue weighted by Gasteiger charge is 2.09. The van der Waals surface area contributed by atoms with Gasteiger partial charge in [0.05, 0.1) is 13.4 Å². The minimum Gasteiger partial charge on any atom is -0.506 e. The van der Waals surface area contributed by atoms with Gasteiger partial charge in [-0.3, -0.25) is 4.79 Å². The van der Waals surface area contributed by atoms with Gasteiger partial charge in [0.15, 0.2) is 6.61 Å². The fraction of sp³-hybridized carbons (Fsp3) is 0.222. The van der Waals surface area contributed by atoms with Crippen molar-refractivity contribution in [3.05, 3.63) is 53.7 Å². The fourth-order valence-electron chi connectivity index (χ4n) is 2.16. The molecule has 7 heteroatoms. The van der Waals surface area contributed by atoms with Gasteiger partial charge in [-0.05, 0) is 100 Å². The molecule has 0 atom stereocenters. The second-order valence-corrected chi connectivity index (χ2v) is 7.89. The fourth-order valence-corrected chi connectivity index (χ4v) is 3.97. The Bertz CT molecular complexity index is 812. The number of hydrogen-bond acceptors (Lipinski definition) is 4. The summed E-state index contributed by atoms with van der Waals surface area (Å²) in [5, 5.41) is 13.7. The number of hydrogen-bond donors (Lipinski definition) is 2. The summed E-state index contributed by atoms with van der Waals surface area (Å²) in [5.74, 6) is 0.654. The molecule has 0 aliphatic carbocycles. The van der Waals surface area contributed by atoms with E-state index in [0.29, 0.717) is 0 Å². The molecular weight excluding hydrogens is 546 g/mol. The quantitative estimate of drug-likeness (QED) is 0.327. The number of ether oxygens (including phenoxy) is 1. The second-order valence-electron chi connectivity index (χ2n) is 5.57. The predicted octanol–water partition coefficient (Wildman–Crippen LogP) is 4.06. The molecule has 0 aliphatic heterocycles. The van der Waals surface area contributed by atoms with Crippen LogP contribution in [0.15, 0.2) is 29.4 Å². The van der Waals surface area contributed by atoms with Crippen LogP contribution in [0.3, 0.4) is 0 Å². The summed E-state index contributed by atoms with van der Waals surface area (Å²) >= 11 is 4.09. The van der Waals surface area contributed by atoms with Gasteiger partial charge in [-0.2, -0.15) is 5.10 Å². The van der Waals surface area contributed by atoms with Crippen LogP contribution in [0.5, 0.6) is 11.5 Å². The summed E-state index contributed by atoms with van der Waals surface area (Å²) in [6.45, 7) is 5.83. The van der Waals surface area contributed by atoms with Gasteiger partial charge in [-0.1, -0.05) is 12.1 Å². The molecule has 0 heterocycles. The molecule has 0 aromatic heterocycles. The van der Waals surface area contributed by atoms with Crippen molar-refractivity contribution < 1.29 is 14.6 Å². The molecule has 25 heavy (non-hydrogen) atoms. The average molecular weight is 564 g/mol. The first-order valence-corrected chi connectivity index (χ1v) is 9.65. The maximum absolute atomic E-state index is 11.9. The summed E-state index contributed by atoms with van der Waals surface area (Å²) in [6.07, 6.45) is 1.53. The van der Waals surface area contributed by atoms with Gasteiger partial charge >= 0.3 is 0 Å². The largest absolute Gasteiger partial charge is 0.506 e. The van der Waals surface area contributed by atoms with Gasteiger partial charge in [0.2, 0.25) is 0 Å². The SMILES string of the molecule is Cc1ccc(C)c(OCC(=O)N/N=C\c2cc(I)c(O)c(I)c2)c1C. The number of halogens is 2. The lowest BCUT2D eigenvalue weighted by atomic mass is 10.1. The summed E-state index contributed by atoms with van der Waals surface area (Å²) in [5.41, 5.74) is 6.38. The Morgan fingerprint density at radius 3 is 2.44 bits per heavy atom. The zero-order valence-electron chi connectivity index (χ0n) is 14.1. The van der Waals surface area contributed by atoms with Crippen LogP contribution in [0, 0.1) is 27.9 Å². The molecule has 5 nitrogen and oxygen atoms in total. The molecule has 0 saturated carbocycles. The predicted molar refractivity (Wildman–Crippen MR) is 115 cm³/mol. The lowest BCUT2D eigenvalue weighted by Crippen LogP contribution is -2.25. The van der Waals surface area contributed by atoms with E-state index in [2.05, 4.69) is 10.5 Å². The van der Waals surface area contributed by atoms with Crippen molar-refractivity contribution in [3.8, 4) is 11.5 Å². The summed E-state index contributed by atoms with van der Waals surface area (Å²) in [7, 11) is 0. The van der Waals surface area contributed by atoms with Crippen LogP contribution in [0.4, 0.5) is 0 Å². The van der Waals surface area contributed by atoms with Crippen molar-refractivity contribution in [2.45, 2.75) is 20.8 Å². The first-order valence-electron chi connectivity index (χ1n) is 7.49. The maximum Gasteiger partial charge on any atom is 0.277 e. The van der Waals surface area contributed by atoms with Crippen LogP contribution in [0.25, 0.3) is 0 Å². The van der Waals surface area contributed by atoms with E-state index in [-0.39, 0.29) is 18.3 Å². The molecule has 0 fully saturated rings. The molecule has 2 N–H and O–H groups in total. The highest BCUT2D eigenvalue weighted by molar-refractivity contribution is 14.1. The number of phenols is 1. The minimum atomic E-state index is -0.334. The first kappa shape index (κ1) is 20.0. The van der Waals surface area contributed by atoms with E-state index in [1.54, 1.807) is 12.1 Å². The molecule has 1 amide bonds. The molecule has 0 aliphatic rings. The first-order chi connectivity index (χ1) is 11.8. The van der Waals surface area contributed by atoms with Crippen molar-refractivity contribution >= 4 is 57.3 Å². The minimum absolute atomic E-state index is 0.104. The van der Waals surface area contributed by atoms with Gasteiger partial charge < -0.3 is 9.84 Å². The zero-order valence-corrected chi connectivity index (χ0v) is 18.4. The number of rotatable bonds is 5. The van der Waals surface area contributed by atoms with E-state index in [0.717, 1.165) is 35.1 Å². The number of carbonyl (C=O) groups is 1. The highest BCUT2D eigenvalue weighted by Crippen LogP contribution is 2.27. The number of nitrogens with one attached hydrogen (secondary N) is 1. The third-order valence-electron chi connectivity index (χ3n) is 3.66. The van der Waals surface area contributed by atoms with E-state index in [4.69, 9.17) is 4.74 Å². The summed E-state index contributed by atoms with van der Waals surface area (Å²) in [6, 6.07) is 7.57. The lowest BCUT2D eigenvalue weighted by molar-refractivity contribution is -0.123. The summed E-state index contributed by atoms with van der Waals surface area (Å²) in [4.78, 5) is 11.9. The van der Waals surface area contributed by atoms with E-state index < -0.39 is 0 Å². The summed E-state index contributed by atoms with van der Waals surface area (Å²) < 4.78 is 7.10. The molecule has 0 radical (unpaired) electrons. The number of amides is 1. The molecule has 2 rings (SSSR count). The Hall–Kier alpha value is -1.36. The Morgan fingerprint density at radius 2 is 1.80 bits per heavy atom. The molecule has 0 unspecified atom stereocenters. The topological polar surface area (TPSA) is 70.9 Å². The van der Waals surface area contributed by atoms with E-state index in [1.165, 1.54) is 6.21 Å². The van der Waals surface area contributed by atoms with Crippen molar-refractivity contribution in [2.24, 2.45) is 5.10 Å². The Kier molecular flexibility index (Phi) is 7.05. The van der Waals surface area contributed by atoms with Gasteiger partial charge in [0, 0.05) is 0 Å². The molecule has 2 aromatic rings. The maximum atomic E-state index is 11.9. The van der Waals surface area contributed by atoms with Gasteiger partial charge in [0.25, 0.3) is 5.91 Å². The number of aryl methyl sites for hydroxylation is 2. The Balaban J connectivity index is 1.94. The van der Waals surface area contributed by atoms with Crippen molar-refractivity contribution in [3.63, 3.8) is 0 Å². The van der Waals surface area contributed by atoms with Gasteiger partial charge in [0.1, 0.15) is 11.5 Å². The Labute approximate surface area is 174 Å². The zero-order chi connectivity index (χ0) is 18.6. The van der Waals surface area contributed by atoms with Crippen molar-refractivity contribution in [1.29, 1.82) is 0 Å². The normalized spacial score (nSPS) is 10.9. The number of aromatic hydroxyl groups is 1. The number of benzene rings is 2. The third kappa shape index (κ3) is 5.30. The highest BCUT2D eigenvalue weighted by atomic mass is 127. The van der Waals surface area contributed by atoms with E-state index >= 15 is 0 Å². The van der Waals surface area contributed by atoms with E-state index in [1.807, 2.05) is 78.1 Å². The van der Waals surface area contributed by atoms with Crippen molar-refractivity contribution in [2.75, 3.05) is 6.61 Å².